The number of hydrogen-bond donors (Lipinski definition) is 0. The van der Waals surface area contributed by atoms with Gasteiger partial charge in [-0.3, -0.25) is 0 Å². The monoisotopic (exact) mass is 213 g/mol. The summed E-state index contributed by atoms with van der Waals surface area (Å²) in [5, 5.41) is 5.80. The second-order valence-electron chi connectivity index (χ2n) is 2.45. The largest absolute Gasteiger partial charge is 0.438 e. The van der Waals surface area contributed by atoms with Crippen molar-refractivity contribution in [3.8, 4) is 0 Å². The molecule has 0 amide bonds. The number of rotatable bonds is 2. The maximum absolute atomic E-state index is 12.1. The Hall–Kier alpha value is -0.780. The van der Waals surface area contributed by atoms with Gasteiger partial charge in [0.1, 0.15) is 0 Å². The van der Waals surface area contributed by atoms with E-state index in [9.17, 15) is 13.2 Å². The van der Waals surface area contributed by atoms with E-state index in [1.807, 2.05) is 6.92 Å². The molecular weight excluding hydrogens is 207 g/mol. The molecule has 1 aromatic rings. The predicted octanol–water partition coefficient (Wildman–Crippen LogP) is 2.36. The van der Waals surface area contributed by atoms with Crippen LogP contribution in [0.25, 0.3) is 0 Å². The minimum Gasteiger partial charge on any atom is -0.233 e. The standard InChI is InChI=1S/C6H7ClF3N3/c1-2-3-13-5(7)4(11-12-13)6(8,9)10/h2-3H2,1H3. The van der Waals surface area contributed by atoms with Crippen molar-refractivity contribution in [1.82, 2.24) is 15.0 Å². The number of hydrogen-bond acceptors (Lipinski definition) is 2. The average Bonchev–Trinajstić information content (AvgIpc) is 2.32. The van der Waals surface area contributed by atoms with Gasteiger partial charge >= 0.3 is 6.18 Å². The molecule has 0 aromatic carbocycles. The van der Waals surface area contributed by atoms with Gasteiger partial charge in [-0.05, 0) is 6.42 Å². The van der Waals surface area contributed by atoms with Gasteiger partial charge in [-0.25, -0.2) is 4.68 Å². The molecule has 1 rings (SSSR count). The van der Waals surface area contributed by atoms with E-state index in [0.717, 1.165) is 4.68 Å². The predicted molar refractivity (Wildman–Crippen MR) is 40.3 cm³/mol. The molecular formula is C6H7ClF3N3. The fraction of sp³-hybridized carbons (Fsp3) is 0.667. The van der Waals surface area contributed by atoms with E-state index < -0.39 is 17.0 Å². The van der Waals surface area contributed by atoms with Gasteiger partial charge < -0.3 is 0 Å². The smallest absolute Gasteiger partial charge is 0.233 e. The van der Waals surface area contributed by atoms with Gasteiger partial charge in [0, 0.05) is 6.54 Å². The second-order valence-corrected chi connectivity index (χ2v) is 2.81. The van der Waals surface area contributed by atoms with E-state index in [4.69, 9.17) is 11.6 Å². The van der Waals surface area contributed by atoms with Gasteiger partial charge in [-0.15, -0.1) is 5.10 Å². The van der Waals surface area contributed by atoms with Crippen molar-refractivity contribution in [2.24, 2.45) is 0 Å². The van der Waals surface area contributed by atoms with Crippen molar-refractivity contribution >= 4 is 11.6 Å². The fourth-order valence-electron chi connectivity index (χ4n) is 0.830. The van der Waals surface area contributed by atoms with Gasteiger partial charge in [0.15, 0.2) is 5.15 Å². The Balaban J connectivity index is 2.99. The van der Waals surface area contributed by atoms with E-state index >= 15 is 0 Å². The third-order valence-electron chi connectivity index (χ3n) is 1.38. The zero-order valence-electron chi connectivity index (χ0n) is 6.77. The van der Waals surface area contributed by atoms with Crippen LogP contribution in [0.4, 0.5) is 13.2 Å². The molecule has 1 heterocycles. The molecule has 0 atom stereocenters. The Kier molecular flexibility index (Phi) is 2.80. The quantitative estimate of drug-likeness (QED) is 0.755. The molecule has 0 bridgehead atoms. The molecule has 0 unspecified atom stereocenters. The zero-order chi connectivity index (χ0) is 10.1. The van der Waals surface area contributed by atoms with Gasteiger partial charge in [0.2, 0.25) is 5.69 Å². The molecule has 0 radical (unpaired) electrons. The lowest BCUT2D eigenvalue weighted by Gasteiger charge is -2.02. The van der Waals surface area contributed by atoms with Crippen LogP contribution in [0.2, 0.25) is 5.15 Å². The van der Waals surface area contributed by atoms with E-state index in [-0.39, 0.29) is 0 Å². The summed E-state index contributed by atoms with van der Waals surface area (Å²) in [4.78, 5) is 0. The summed E-state index contributed by atoms with van der Waals surface area (Å²) in [5.74, 6) is 0. The van der Waals surface area contributed by atoms with Gasteiger partial charge in [-0.2, -0.15) is 13.2 Å². The molecule has 0 N–H and O–H groups in total. The first-order valence-electron chi connectivity index (χ1n) is 3.63. The number of aryl methyl sites for hydroxylation is 1. The summed E-state index contributed by atoms with van der Waals surface area (Å²) in [5.41, 5.74) is -1.12. The molecule has 0 fully saturated rings. The molecule has 0 spiro atoms. The summed E-state index contributed by atoms with van der Waals surface area (Å²) >= 11 is 5.41. The molecule has 0 saturated carbocycles. The Morgan fingerprint density at radius 2 is 2.08 bits per heavy atom. The zero-order valence-corrected chi connectivity index (χ0v) is 7.52. The summed E-state index contributed by atoms with van der Waals surface area (Å²) < 4.78 is 37.3. The summed E-state index contributed by atoms with van der Waals surface area (Å²) in [6, 6.07) is 0. The van der Waals surface area contributed by atoms with E-state index in [1.54, 1.807) is 0 Å². The maximum atomic E-state index is 12.1. The van der Waals surface area contributed by atoms with Crippen LogP contribution < -0.4 is 0 Å². The van der Waals surface area contributed by atoms with Crippen LogP contribution in [0.3, 0.4) is 0 Å². The molecule has 1 aromatic heterocycles. The molecule has 0 aliphatic rings. The molecule has 3 nitrogen and oxygen atoms in total. The molecule has 0 aliphatic carbocycles. The molecule has 74 valence electrons. The molecule has 13 heavy (non-hydrogen) atoms. The van der Waals surface area contributed by atoms with Crippen molar-refractivity contribution in [2.75, 3.05) is 0 Å². The first-order valence-corrected chi connectivity index (χ1v) is 4.00. The van der Waals surface area contributed by atoms with Crippen LogP contribution in [0, 0.1) is 0 Å². The number of aromatic nitrogens is 3. The van der Waals surface area contributed by atoms with Crippen LogP contribution >= 0.6 is 11.6 Å². The van der Waals surface area contributed by atoms with Crippen molar-refractivity contribution in [2.45, 2.75) is 26.1 Å². The normalized spacial score (nSPS) is 12.1. The highest BCUT2D eigenvalue weighted by Crippen LogP contribution is 2.32. The number of halogens is 4. The van der Waals surface area contributed by atoms with E-state index in [2.05, 4.69) is 10.3 Å². The van der Waals surface area contributed by atoms with Crippen LogP contribution in [0.1, 0.15) is 19.0 Å². The van der Waals surface area contributed by atoms with Crippen molar-refractivity contribution < 1.29 is 13.2 Å². The highest BCUT2D eigenvalue weighted by Gasteiger charge is 2.38. The van der Waals surface area contributed by atoms with E-state index in [0.29, 0.717) is 13.0 Å². The summed E-state index contributed by atoms with van der Waals surface area (Å²) in [6.07, 6.45) is -3.87. The Morgan fingerprint density at radius 3 is 2.46 bits per heavy atom. The van der Waals surface area contributed by atoms with Gasteiger partial charge in [-0.1, -0.05) is 23.7 Å². The number of nitrogens with zero attached hydrogens (tertiary/aromatic N) is 3. The van der Waals surface area contributed by atoms with Crippen molar-refractivity contribution in [1.29, 1.82) is 0 Å². The number of alkyl halides is 3. The summed E-state index contributed by atoms with van der Waals surface area (Å²) in [6.45, 7) is 2.15. The Labute approximate surface area is 77.5 Å². The first kappa shape index (κ1) is 10.3. The van der Waals surface area contributed by atoms with E-state index in [1.165, 1.54) is 0 Å². The second kappa shape index (κ2) is 3.53. The highest BCUT2D eigenvalue weighted by atomic mass is 35.5. The summed E-state index contributed by atoms with van der Waals surface area (Å²) in [7, 11) is 0. The third-order valence-corrected chi connectivity index (χ3v) is 1.75. The average molecular weight is 214 g/mol. The van der Waals surface area contributed by atoms with Crippen LogP contribution in [0.15, 0.2) is 0 Å². The highest BCUT2D eigenvalue weighted by molar-refractivity contribution is 6.30. The van der Waals surface area contributed by atoms with Crippen LogP contribution in [-0.2, 0) is 12.7 Å². The molecule has 7 heteroatoms. The van der Waals surface area contributed by atoms with Gasteiger partial charge in [0.05, 0.1) is 0 Å². The van der Waals surface area contributed by atoms with Crippen molar-refractivity contribution in [3.63, 3.8) is 0 Å². The Bertz CT molecular complexity index is 294. The molecule has 0 aliphatic heterocycles. The van der Waals surface area contributed by atoms with Crippen LogP contribution in [0.5, 0.6) is 0 Å². The van der Waals surface area contributed by atoms with Gasteiger partial charge in [0.25, 0.3) is 0 Å². The topological polar surface area (TPSA) is 30.7 Å². The fourth-order valence-corrected chi connectivity index (χ4v) is 1.09. The third kappa shape index (κ3) is 2.12. The lowest BCUT2D eigenvalue weighted by atomic mass is 10.4. The van der Waals surface area contributed by atoms with Crippen LogP contribution in [-0.4, -0.2) is 15.0 Å². The lowest BCUT2D eigenvalue weighted by molar-refractivity contribution is -0.141. The first-order chi connectivity index (χ1) is 5.96. The maximum Gasteiger partial charge on any atom is 0.438 e. The molecule has 0 saturated heterocycles. The minimum atomic E-state index is -4.52. The minimum absolute atomic E-state index is 0.335. The lowest BCUT2D eigenvalue weighted by Crippen LogP contribution is -2.06. The Morgan fingerprint density at radius 1 is 1.46 bits per heavy atom. The van der Waals surface area contributed by atoms with Crippen molar-refractivity contribution in [3.05, 3.63) is 10.8 Å². The SMILES string of the molecule is CCCn1nnc(C(F)(F)F)c1Cl.